The third-order valence-corrected chi connectivity index (χ3v) is 5.31. The van der Waals surface area contributed by atoms with Gasteiger partial charge in [-0.2, -0.15) is 0 Å². The van der Waals surface area contributed by atoms with Crippen LogP contribution in [0.2, 0.25) is 0 Å². The van der Waals surface area contributed by atoms with Crippen LogP contribution >= 0.6 is 0 Å². The van der Waals surface area contributed by atoms with E-state index >= 15 is 0 Å². The molecule has 4 nitrogen and oxygen atoms in total. The molecule has 0 amide bonds. The van der Waals surface area contributed by atoms with E-state index < -0.39 is 0 Å². The summed E-state index contributed by atoms with van der Waals surface area (Å²) in [5.74, 6) is -0.199. The van der Waals surface area contributed by atoms with Gasteiger partial charge in [-0.25, -0.2) is 0 Å². The van der Waals surface area contributed by atoms with E-state index in [0.717, 1.165) is 45.3 Å². The molecular weight excluding hydrogens is 230 g/mol. The lowest BCUT2D eigenvalue weighted by Crippen LogP contribution is -2.61. The minimum absolute atomic E-state index is 0.199. The van der Waals surface area contributed by atoms with E-state index in [4.69, 9.17) is 14.2 Å². The maximum Gasteiger partial charge on any atom is 0.168 e. The molecule has 0 aromatic heterocycles. The second kappa shape index (κ2) is 4.17. The highest BCUT2D eigenvalue weighted by atomic mass is 16.7. The van der Waals surface area contributed by atoms with Crippen molar-refractivity contribution in [2.75, 3.05) is 39.5 Å². The molecule has 102 valence electrons. The Labute approximate surface area is 109 Å². The monoisotopic (exact) mass is 253 g/mol. The van der Waals surface area contributed by atoms with Gasteiger partial charge < -0.3 is 14.2 Å². The third-order valence-electron chi connectivity index (χ3n) is 5.31. The van der Waals surface area contributed by atoms with E-state index in [0.29, 0.717) is 5.41 Å². The van der Waals surface area contributed by atoms with Gasteiger partial charge in [-0.1, -0.05) is 0 Å². The van der Waals surface area contributed by atoms with Crippen molar-refractivity contribution >= 4 is 0 Å². The maximum atomic E-state index is 5.79. The molecule has 4 rings (SSSR count). The lowest BCUT2D eigenvalue weighted by atomic mass is 9.76. The van der Waals surface area contributed by atoms with E-state index in [1.807, 2.05) is 0 Å². The highest BCUT2D eigenvalue weighted by Crippen LogP contribution is 2.44. The average molecular weight is 253 g/mol. The van der Waals surface area contributed by atoms with Gasteiger partial charge in [0.25, 0.3) is 0 Å². The molecule has 4 aliphatic rings. The normalized spacial score (nSPS) is 35.3. The van der Waals surface area contributed by atoms with Crippen LogP contribution in [0.25, 0.3) is 0 Å². The zero-order valence-corrected chi connectivity index (χ0v) is 11.0. The number of ether oxygens (including phenoxy) is 3. The van der Waals surface area contributed by atoms with Gasteiger partial charge in [0.1, 0.15) is 0 Å². The second-order valence-corrected chi connectivity index (χ2v) is 6.55. The lowest BCUT2D eigenvalue weighted by molar-refractivity contribution is -0.189. The molecule has 3 heterocycles. The average Bonchev–Trinajstić information content (AvgIpc) is 2.98. The summed E-state index contributed by atoms with van der Waals surface area (Å²) in [5.41, 5.74) is 0.523. The van der Waals surface area contributed by atoms with Gasteiger partial charge in [0.05, 0.1) is 19.8 Å². The van der Waals surface area contributed by atoms with Crippen LogP contribution in [-0.2, 0) is 14.2 Å². The van der Waals surface area contributed by atoms with Crippen LogP contribution in [0.3, 0.4) is 0 Å². The predicted octanol–water partition coefficient (Wildman–Crippen LogP) is 1.39. The molecule has 0 aromatic carbocycles. The number of likely N-dealkylation sites (tertiary alicyclic amines) is 1. The molecule has 0 atom stereocenters. The molecule has 3 saturated heterocycles. The Morgan fingerprint density at radius 3 is 2.22 bits per heavy atom. The molecule has 18 heavy (non-hydrogen) atoms. The molecule has 3 aliphatic heterocycles. The molecule has 0 N–H and O–H groups in total. The van der Waals surface area contributed by atoms with Crippen LogP contribution in [0, 0.1) is 5.41 Å². The molecule has 0 unspecified atom stereocenters. The molecule has 4 heteroatoms. The van der Waals surface area contributed by atoms with Gasteiger partial charge in [0, 0.05) is 44.0 Å². The van der Waals surface area contributed by atoms with Crippen LogP contribution in [0.15, 0.2) is 0 Å². The molecule has 0 aromatic rings. The molecule has 4 fully saturated rings. The maximum absolute atomic E-state index is 5.79. The first kappa shape index (κ1) is 11.6. The van der Waals surface area contributed by atoms with Crippen LogP contribution in [0.4, 0.5) is 0 Å². The van der Waals surface area contributed by atoms with Crippen molar-refractivity contribution in [2.45, 2.75) is 43.9 Å². The van der Waals surface area contributed by atoms with Gasteiger partial charge in [0.15, 0.2) is 5.79 Å². The fourth-order valence-corrected chi connectivity index (χ4v) is 4.17. The molecule has 1 aliphatic carbocycles. The van der Waals surface area contributed by atoms with Gasteiger partial charge in [-0.05, 0) is 19.3 Å². The van der Waals surface area contributed by atoms with Gasteiger partial charge in [-0.15, -0.1) is 0 Å². The van der Waals surface area contributed by atoms with E-state index in [-0.39, 0.29) is 5.79 Å². The zero-order valence-electron chi connectivity index (χ0n) is 11.0. The van der Waals surface area contributed by atoms with Gasteiger partial charge in [-0.3, -0.25) is 4.90 Å². The van der Waals surface area contributed by atoms with E-state index in [1.165, 1.54) is 32.4 Å². The minimum Gasteiger partial charge on any atom is -0.381 e. The van der Waals surface area contributed by atoms with Crippen molar-refractivity contribution in [1.29, 1.82) is 0 Å². The summed E-state index contributed by atoms with van der Waals surface area (Å²) >= 11 is 0. The summed E-state index contributed by atoms with van der Waals surface area (Å²) in [4.78, 5) is 2.66. The Morgan fingerprint density at radius 2 is 1.61 bits per heavy atom. The second-order valence-electron chi connectivity index (χ2n) is 6.55. The molecule has 1 saturated carbocycles. The van der Waals surface area contributed by atoms with Crippen molar-refractivity contribution in [3.05, 3.63) is 0 Å². The van der Waals surface area contributed by atoms with Crippen molar-refractivity contribution in [2.24, 2.45) is 5.41 Å². The number of nitrogens with zero attached hydrogens (tertiary/aromatic N) is 1. The molecular formula is C14H23NO3. The molecule has 0 bridgehead atoms. The Balaban J connectivity index is 1.30. The van der Waals surface area contributed by atoms with Crippen LogP contribution in [-0.4, -0.2) is 56.2 Å². The summed E-state index contributed by atoms with van der Waals surface area (Å²) in [5, 5.41) is 0. The van der Waals surface area contributed by atoms with Crippen LogP contribution in [0.1, 0.15) is 32.1 Å². The number of rotatable bonds is 1. The van der Waals surface area contributed by atoms with E-state index in [2.05, 4.69) is 4.90 Å². The highest BCUT2D eigenvalue weighted by molar-refractivity contribution is 5.01. The SMILES string of the molecule is C1CC2(CO1)CN(C1CCC3(CC1)OCCO3)C2. The molecule has 2 spiro atoms. The Morgan fingerprint density at radius 1 is 0.889 bits per heavy atom. The number of hydrogen-bond acceptors (Lipinski definition) is 4. The summed E-state index contributed by atoms with van der Waals surface area (Å²) in [6.45, 7) is 6.05. The first-order valence-corrected chi connectivity index (χ1v) is 7.39. The summed E-state index contributed by atoms with van der Waals surface area (Å²) < 4.78 is 17.1. The van der Waals surface area contributed by atoms with Crippen molar-refractivity contribution in [3.8, 4) is 0 Å². The highest BCUT2D eigenvalue weighted by Gasteiger charge is 2.50. The fraction of sp³-hybridized carbons (Fsp3) is 1.00. The Kier molecular flexibility index (Phi) is 2.70. The van der Waals surface area contributed by atoms with Gasteiger partial charge in [0.2, 0.25) is 0 Å². The standard InChI is InChI=1S/C14H23NO3/c1-3-14(17-7-8-18-14)4-2-12(1)15-9-13(10-15)5-6-16-11-13/h12H,1-11H2. The Bertz CT molecular complexity index is 303. The Hall–Kier alpha value is -0.160. The first-order chi connectivity index (χ1) is 8.79. The summed E-state index contributed by atoms with van der Waals surface area (Å²) in [6.07, 6.45) is 5.90. The quantitative estimate of drug-likeness (QED) is 0.707. The topological polar surface area (TPSA) is 30.9 Å². The van der Waals surface area contributed by atoms with Crippen LogP contribution < -0.4 is 0 Å². The van der Waals surface area contributed by atoms with E-state index in [9.17, 15) is 0 Å². The molecule has 0 radical (unpaired) electrons. The number of hydrogen-bond donors (Lipinski definition) is 0. The fourth-order valence-electron chi connectivity index (χ4n) is 4.17. The van der Waals surface area contributed by atoms with E-state index in [1.54, 1.807) is 0 Å². The predicted molar refractivity (Wildman–Crippen MR) is 66.3 cm³/mol. The zero-order chi connectivity index (χ0) is 12.1. The summed E-state index contributed by atoms with van der Waals surface area (Å²) in [6, 6.07) is 0.759. The third kappa shape index (κ3) is 1.82. The summed E-state index contributed by atoms with van der Waals surface area (Å²) in [7, 11) is 0. The van der Waals surface area contributed by atoms with Gasteiger partial charge >= 0.3 is 0 Å². The first-order valence-electron chi connectivity index (χ1n) is 7.39. The van der Waals surface area contributed by atoms with Crippen LogP contribution in [0.5, 0.6) is 0 Å². The van der Waals surface area contributed by atoms with Crippen molar-refractivity contribution < 1.29 is 14.2 Å². The van der Waals surface area contributed by atoms with Crippen molar-refractivity contribution in [1.82, 2.24) is 4.90 Å². The largest absolute Gasteiger partial charge is 0.381 e. The van der Waals surface area contributed by atoms with Crippen molar-refractivity contribution in [3.63, 3.8) is 0 Å². The smallest absolute Gasteiger partial charge is 0.168 e. The lowest BCUT2D eigenvalue weighted by Gasteiger charge is -2.53. The minimum atomic E-state index is -0.199.